The summed E-state index contributed by atoms with van der Waals surface area (Å²) in [6, 6.07) is 3.52. The van der Waals surface area contributed by atoms with E-state index < -0.39 is 0 Å². The fourth-order valence-corrected chi connectivity index (χ4v) is 2.64. The second-order valence-corrected chi connectivity index (χ2v) is 5.63. The van der Waals surface area contributed by atoms with Crippen LogP contribution in [0.1, 0.15) is 28.9 Å². The van der Waals surface area contributed by atoms with Crippen molar-refractivity contribution in [2.75, 3.05) is 21.3 Å². The van der Waals surface area contributed by atoms with Gasteiger partial charge in [-0.3, -0.25) is 9.89 Å². The Morgan fingerprint density at radius 2 is 1.92 bits per heavy atom. The van der Waals surface area contributed by atoms with E-state index in [2.05, 4.69) is 20.7 Å². The molecule has 0 fully saturated rings. The van der Waals surface area contributed by atoms with Crippen LogP contribution in [-0.4, -0.2) is 43.6 Å². The van der Waals surface area contributed by atoms with Gasteiger partial charge >= 0.3 is 0 Å². The van der Waals surface area contributed by atoms with Crippen LogP contribution in [0.3, 0.4) is 0 Å². The number of ether oxygens (including phenoxy) is 3. The van der Waals surface area contributed by atoms with Crippen LogP contribution in [0.2, 0.25) is 0 Å². The van der Waals surface area contributed by atoms with Crippen molar-refractivity contribution in [3.8, 4) is 17.2 Å². The van der Waals surface area contributed by atoms with Crippen LogP contribution in [-0.2, 0) is 11.2 Å². The van der Waals surface area contributed by atoms with Gasteiger partial charge in [-0.05, 0) is 38.0 Å². The molecule has 0 bridgehead atoms. The molecule has 8 heteroatoms. The average Bonchev–Trinajstić information content (AvgIpc) is 2.97. The Labute approximate surface area is 152 Å². The third-order valence-electron chi connectivity index (χ3n) is 4.01. The number of benzene rings is 1. The van der Waals surface area contributed by atoms with Crippen molar-refractivity contribution in [3.63, 3.8) is 0 Å². The number of aromatic amines is 1. The lowest BCUT2D eigenvalue weighted by molar-refractivity contribution is -0.121. The van der Waals surface area contributed by atoms with Crippen LogP contribution in [0.15, 0.2) is 17.2 Å². The van der Waals surface area contributed by atoms with E-state index in [4.69, 9.17) is 14.2 Å². The fourth-order valence-electron chi connectivity index (χ4n) is 2.64. The summed E-state index contributed by atoms with van der Waals surface area (Å²) in [5.74, 6) is 1.32. The number of amides is 1. The molecule has 26 heavy (non-hydrogen) atoms. The van der Waals surface area contributed by atoms with Crippen molar-refractivity contribution in [2.45, 2.75) is 26.7 Å². The summed E-state index contributed by atoms with van der Waals surface area (Å²) in [4.78, 5) is 12.0. The van der Waals surface area contributed by atoms with Gasteiger partial charge in [0, 0.05) is 17.7 Å². The lowest BCUT2D eigenvalue weighted by Gasteiger charge is -2.13. The molecule has 1 aromatic heterocycles. The predicted molar refractivity (Wildman–Crippen MR) is 98.2 cm³/mol. The van der Waals surface area contributed by atoms with Gasteiger partial charge < -0.3 is 14.2 Å². The summed E-state index contributed by atoms with van der Waals surface area (Å²) in [7, 11) is 4.61. The maximum atomic E-state index is 12.0. The highest BCUT2D eigenvalue weighted by atomic mass is 16.5. The molecular weight excluding hydrogens is 336 g/mol. The molecule has 2 aromatic rings. The number of hydrazone groups is 1. The van der Waals surface area contributed by atoms with Gasteiger partial charge in [-0.15, -0.1) is 0 Å². The summed E-state index contributed by atoms with van der Waals surface area (Å²) in [5, 5.41) is 11.0. The molecular formula is C18H24N4O4. The maximum absolute atomic E-state index is 12.0. The largest absolute Gasteiger partial charge is 0.493 e. The number of nitrogens with one attached hydrogen (secondary N) is 2. The lowest BCUT2D eigenvalue weighted by atomic mass is 10.1. The Morgan fingerprint density at radius 3 is 2.50 bits per heavy atom. The van der Waals surface area contributed by atoms with Crippen LogP contribution in [0.5, 0.6) is 17.2 Å². The molecule has 8 nitrogen and oxygen atoms in total. The Balaban J connectivity index is 2.00. The van der Waals surface area contributed by atoms with E-state index in [-0.39, 0.29) is 5.91 Å². The van der Waals surface area contributed by atoms with Crippen LogP contribution in [0.4, 0.5) is 0 Å². The van der Waals surface area contributed by atoms with Gasteiger partial charge in [0.25, 0.3) is 0 Å². The zero-order valence-corrected chi connectivity index (χ0v) is 15.7. The molecule has 0 saturated heterocycles. The molecule has 1 amide bonds. The smallest absolute Gasteiger partial charge is 0.240 e. The van der Waals surface area contributed by atoms with Crippen molar-refractivity contribution in [2.24, 2.45) is 5.10 Å². The van der Waals surface area contributed by atoms with Crippen LogP contribution < -0.4 is 19.6 Å². The molecule has 0 saturated carbocycles. The van der Waals surface area contributed by atoms with E-state index in [1.54, 1.807) is 19.2 Å². The van der Waals surface area contributed by atoms with Crippen molar-refractivity contribution in [1.82, 2.24) is 15.6 Å². The molecule has 1 heterocycles. The van der Waals surface area contributed by atoms with Crippen LogP contribution in [0.25, 0.3) is 0 Å². The number of carbonyl (C=O) groups is 1. The van der Waals surface area contributed by atoms with E-state index >= 15 is 0 Å². The molecule has 0 spiro atoms. The van der Waals surface area contributed by atoms with Crippen molar-refractivity contribution >= 4 is 12.1 Å². The van der Waals surface area contributed by atoms with E-state index in [9.17, 15) is 4.79 Å². The molecule has 2 rings (SSSR count). The number of methoxy groups -OCH3 is 3. The average molecular weight is 360 g/mol. The van der Waals surface area contributed by atoms with Crippen LogP contribution >= 0.6 is 0 Å². The fraction of sp³-hybridized carbons (Fsp3) is 0.389. The lowest BCUT2D eigenvalue weighted by Crippen LogP contribution is -2.18. The molecule has 140 valence electrons. The SMILES string of the molecule is COc1ccc(/C=N/NC(=O)CCc2c(C)n[nH]c2C)c(OC)c1OC. The van der Waals surface area contributed by atoms with Crippen molar-refractivity contribution < 1.29 is 19.0 Å². The van der Waals surface area contributed by atoms with Gasteiger partial charge in [0.05, 0.1) is 33.2 Å². The highest BCUT2D eigenvalue weighted by molar-refractivity contribution is 5.87. The number of carbonyl (C=O) groups excluding carboxylic acids is 1. The van der Waals surface area contributed by atoms with Gasteiger partial charge in [0.15, 0.2) is 11.5 Å². The zero-order valence-electron chi connectivity index (χ0n) is 15.7. The molecule has 0 aliphatic rings. The third kappa shape index (κ3) is 4.33. The zero-order chi connectivity index (χ0) is 19.1. The van der Waals surface area contributed by atoms with Crippen molar-refractivity contribution in [3.05, 3.63) is 34.6 Å². The number of aryl methyl sites for hydroxylation is 2. The Kier molecular flexibility index (Phi) is 6.60. The number of hydrogen-bond acceptors (Lipinski definition) is 6. The number of nitrogens with zero attached hydrogens (tertiary/aromatic N) is 2. The monoisotopic (exact) mass is 360 g/mol. The van der Waals surface area contributed by atoms with Crippen LogP contribution in [0, 0.1) is 13.8 Å². The maximum Gasteiger partial charge on any atom is 0.240 e. The van der Waals surface area contributed by atoms with E-state index in [1.807, 2.05) is 13.8 Å². The molecule has 0 radical (unpaired) electrons. The van der Waals surface area contributed by atoms with Gasteiger partial charge in [0.2, 0.25) is 11.7 Å². The van der Waals surface area contributed by atoms with Crippen molar-refractivity contribution in [1.29, 1.82) is 0 Å². The topological polar surface area (TPSA) is 97.8 Å². The minimum Gasteiger partial charge on any atom is -0.493 e. The summed E-state index contributed by atoms with van der Waals surface area (Å²) in [6.07, 6.45) is 2.43. The van der Waals surface area contributed by atoms with E-state index in [1.165, 1.54) is 20.4 Å². The third-order valence-corrected chi connectivity index (χ3v) is 4.01. The first-order valence-electron chi connectivity index (χ1n) is 8.13. The molecule has 0 unspecified atom stereocenters. The second-order valence-electron chi connectivity index (χ2n) is 5.63. The quantitative estimate of drug-likeness (QED) is 0.555. The summed E-state index contributed by atoms with van der Waals surface area (Å²) >= 11 is 0. The van der Waals surface area contributed by atoms with Gasteiger partial charge in [0.1, 0.15) is 0 Å². The highest BCUT2D eigenvalue weighted by Gasteiger charge is 2.14. The number of rotatable bonds is 8. The number of hydrogen-bond donors (Lipinski definition) is 2. The van der Waals surface area contributed by atoms with Gasteiger partial charge in [-0.25, -0.2) is 5.43 Å². The minimum absolute atomic E-state index is 0.180. The summed E-state index contributed by atoms with van der Waals surface area (Å²) < 4.78 is 15.9. The minimum atomic E-state index is -0.180. The molecule has 0 atom stereocenters. The summed E-state index contributed by atoms with van der Waals surface area (Å²) in [5.41, 5.74) is 6.13. The first kappa shape index (κ1) is 19.3. The standard InChI is InChI=1S/C18H24N4O4/c1-11-14(12(2)21-20-11)7-9-16(23)22-19-10-13-6-8-15(24-3)18(26-5)17(13)25-4/h6,8,10H,7,9H2,1-5H3,(H,20,21)(H,22,23)/b19-10+. The molecule has 0 aliphatic heterocycles. The first-order chi connectivity index (χ1) is 12.5. The normalized spacial score (nSPS) is 10.8. The number of aromatic nitrogens is 2. The Hall–Kier alpha value is -3.03. The molecule has 0 aliphatic carbocycles. The van der Waals surface area contributed by atoms with E-state index in [0.717, 1.165) is 17.0 Å². The summed E-state index contributed by atoms with van der Waals surface area (Å²) in [6.45, 7) is 3.85. The highest BCUT2D eigenvalue weighted by Crippen LogP contribution is 2.38. The number of H-pyrrole nitrogens is 1. The predicted octanol–water partition coefficient (Wildman–Crippen LogP) is 2.14. The second kappa shape index (κ2) is 8.89. The van der Waals surface area contributed by atoms with E-state index in [0.29, 0.717) is 35.7 Å². The van der Waals surface area contributed by atoms with Gasteiger partial charge in [-0.2, -0.15) is 10.2 Å². The van der Waals surface area contributed by atoms with Gasteiger partial charge in [-0.1, -0.05) is 0 Å². The first-order valence-corrected chi connectivity index (χ1v) is 8.13. The molecule has 2 N–H and O–H groups in total. The Bertz CT molecular complexity index is 779. The Morgan fingerprint density at radius 1 is 1.19 bits per heavy atom. The molecule has 1 aromatic carbocycles.